The van der Waals surface area contributed by atoms with Crippen LogP contribution in [0, 0.1) is 11.3 Å². The minimum Gasteiger partial charge on any atom is -0.475 e. The number of halogens is 3. The Morgan fingerprint density at radius 2 is 2.00 bits per heavy atom. The second-order valence-corrected chi connectivity index (χ2v) is 11.0. The van der Waals surface area contributed by atoms with Crippen LogP contribution in [0.15, 0.2) is 36.9 Å². The van der Waals surface area contributed by atoms with Gasteiger partial charge in [-0.1, -0.05) is 18.7 Å². The Kier molecular flexibility index (Phi) is 8.13. The van der Waals surface area contributed by atoms with Gasteiger partial charge < -0.3 is 24.3 Å². The number of piperazine rings is 1. The highest BCUT2D eigenvalue weighted by Crippen LogP contribution is 2.41. The summed E-state index contributed by atoms with van der Waals surface area (Å²) in [6.45, 7) is 8.86. The molecule has 41 heavy (non-hydrogen) atoms. The number of nitrogens with zero attached hydrogens (tertiary/aromatic N) is 6. The number of hydrogen-bond acceptors (Lipinski definition) is 7. The fourth-order valence-electron chi connectivity index (χ4n) is 6.25. The van der Waals surface area contributed by atoms with Crippen molar-refractivity contribution in [2.24, 2.45) is 0 Å². The lowest BCUT2D eigenvalue weighted by atomic mass is 9.96. The Morgan fingerprint density at radius 1 is 1.22 bits per heavy atom. The minimum atomic E-state index is -4.49. The van der Waals surface area contributed by atoms with E-state index in [0.717, 1.165) is 31.0 Å². The highest BCUT2D eigenvalue weighted by Gasteiger charge is 2.37. The summed E-state index contributed by atoms with van der Waals surface area (Å²) >= 11 is 0. The second-order valence-electron chi connectivity index (χ2n) is 11.0. The summed E-state index contributed by atoms with van der Waals surface area (Å²) in [5.41, 5.74) is 1.93. The van der Waals surface area contributed by atoms with Gasteiger partial charge in [-0.15, -0.1) is 0 Å². The number of rotatable bonds is 6. The fraction of sp³-hybridized carbons (Fsp3) is 0.500. The molecular weight excluding hydrogens is 533 g/mol. The fourth-order valence-corrected chi connectivity index (χ4v) is 6.25. The van der Waals surface area contributed by atoms with Crippen LogP contribution in [0.3, 0.4) is 0 Å². The number of aromatic nitrogens is 1. The lowest BCUT2D eigenvalue weighted by molar-refractivity contribution is -0.137. The van der Waals surface area contributed by atoms with Crippen LogP contribution >= 0.6 is 0 Å². The predicted octanol–water partition coefficient (Wildman–Crippen LogP) is 4.23. The molecule has 2 fully saturated rings. The highest BCUT2D eigenvalue weighted by molar-refractivity contribution is 5.87. The van der Waals surface area contributed by atoms with Crippen molar-refractivity contribution in [2.45, 2.75) is 51.0 Å². The molecular formula is C30H35F3N6O2. The third-order valence-electron chi connectivity index (χ3n) is 8.44. The molecule has 11 heteroatoms. The number of amides is 1. The van der Waals surface area contributed by atoms with Crippen molar-refractivity contribution in [3.8, 4) is 11.9 Å². The van der Waals surface area contributed by atoms with E-state index < -0.39 is 11.7 Å². The molecule has 3 aliphatic rings. The molecule has 0 bridgehead atoms. The Labute approximate surface area is 238 Å². The third-order valence-corrected chi connectivity index (χ3v) is 8.44. The van der Waals surface area contributed by atoms with Gasteiger partial charge in [0.15, 0.2) is 0 Å². The number of benzene rings is 1. The smallest absolute Gasteiger partial charge is 0.418 e. The van der Waals surface area contributed by atoms with Crippen LogP contribution in [0.2, 0.25) is 0 Å². The van der Waals surface area contributed by atoms with Crippen LogP contribution in [0.4, 0.5) is 24.5 Å². The summed E-state index contributed by atoms with van der Waals surface area (Å²) in [5.74, 6) is 0.0721. The van der Waals surface area contributed by atoms with Crippen LogP contribution in [0.5, 0.6) is 5.88 Å². The molecule has 0 saturated carbocycles. The molecule has 1 aromatic heterocycles. The van der Waals surface area contributed by atoms with Crippen molar-refractivity contribution in [3.05, 3.63) is 59.3 Å². The van der Waals surface area contributed by atoms with E-state index in [2.05, 4.69) is 22.4 Å². The van der Waals surface area contributed by atoms with Gasteiger partial charge in [-0.2, -0.15) is 18.4 Å². The van der Waals surface area contributed by atoms with Gasteiger partial charge in [0.05, 0.1) is 23.5 Å². The molecule has 0 unspecified atom stereocenters. The van der Waals surface area contributed by atoms with Crippen LogP contribution < -0.4 is 14.5 Å². The summed E-state index contributed by atoms with van der Waals surface area (Å²) in [6, 6.07) is 7.99. The lowest BCUT2D eigenvalue weighted by Gasteiger charge is -2.42. The van der Waals surface area contributed by atoms with Crippen molar-refractivity contribution in [2.75, 3.05) is 56.2 Å². The quantitative estimate of drug-likeness (QED) is 0.483. The number of hydrogen-bond donors (Lipinski definition) is 0. The van der Waals surface area contributed by atoms with Gasteiger partial charge in [-0.05, 0) is 58.0 Å². The first-order valence-corrected chi connectivity index (χ1v) is 14.0. The van der Waals surface area contributed by atoms with Crippen molar-refractivity contribution in [1.82, 2.24) is 14.8 Å². The molecule has 0 aliphatic carbocycles. The van der Waals surface area contributed by atoms with Crippen molar-refractivity contribution in [1.29, 1.82) is 5.26 Å². The van der Waals surface area contributed by atoms with Crippen LogP contribution in [0.25, 0.3) is 0 Å². The second kappa shape index (κ2) is 11.6. The number of anilines is 2. The van der Waals surface area contributed by atoms with Gasteiger partial charge in [-0.3, -0.25) is 4.79 Å². The number of likely N-dealkylation sites (N-methyl/N-ethyl adjacent to an activating group) is 1. The molecule has 8 nitrogen and oxygen atoms in total. The zero-order chi connectivity index (χ0) is 29.3. The van der Waals surface area contributed by atoms with Crippen molar-refractivity contribution in [3.63, 3.8) is 0 Å². The number of carbonyl (C=O) groups excluding carboxylic acids is 1. The van der Waals surface area contributed by atoms with Gasteiger partial charge in [0, 0.05) is 49.5 Å². The van der Waals surface area contributed by atoms with Gasteiger partial charge in [0.2, 0.25) is 11.8 Å². The van der Waals surface area contributed by atoms with Gasteiger partial charge in [-0.25, -0.2) is 4.98 Å². The van der Waals surface area contributed by atoms with Gasteiger partial charge in [0.1, 0.15) is 18.2 Å². The largest absolute Gasteiger partial charge is 0.475 e. The zero-order valence-electron chi connectivity index (χ0n) is 23.5. The number of likely N-dealkylation sites (tertiary alicyclic amines) is 1. The van der Waals surface area contributed by atoms with E-state index in [1.54, 1.807) is 15.9 Å². The molecule has 1 aromatic carbocycles. The molecule has 2 saturated heterocycles. The molecule has 0 spiro atoms. The predicted molar refractivity (Wildman–Crippen MR) is 150 cm³/mol. The van der Waals surface area contributed by atoms with E-state index in [4.69, 9.17) is 9.72 Å². The number of nitriles is 1. The maximum atomic E-state index is 13.9. The monoisotopic (exact) mass is 568 g/mol. The van der Waals surface area contributed by atoms with E-state index in [1.165, 1.54) is 18.2 Å². The van der Waals surface area contributed by atoms with Gasteiger partial charge >= 0.3 is 6.18 Å². The molecule has 5 rings (SSSR count). The first-order valence-electron chi connectivity index (χ1n) is 14.0. The van der Waals surface area contributed by atoms with Crippen LogP contribution in [0.1, 0.15) is 42.1 Å². The summed E-state index contributed by atoms with van der Waals surface area (Å²) in [6.07, 6.45) is -0.710. The van der Waals surface area contributed by atoms with Crippen molar-refractivity contribution >= 4 is 17.3 Å². The summed E-state index contributed by atoms with van der Waals surface area (Å²) in [7, 11) is 2.04. The first-order chi connectivity index (χ1) is 19.6. The molecule has 3 aliphatic heterocycles. The van der Waals surface area contributed by atoms with E-state index in [-0.39, 0.29) is 36.1 Å². The molecule has 2 atom stereocenters. The lowest BCUT2D eigenvalue weighted by Crippen LogP contribution is -2.54. The Balaban J connectivity index is 1.53. The van der Waals surface area contributed by atoms with Crippen molar-refractivity contribution < 1.29 is 22.7 Å². The molecule has 4 heterocycles. The topological polar surface area (TPSA) is 75.9 Å². The number of pyridine rings is 1. The molecule has 218 valence electrons. The minimum absolute atomic E-state index is 0.110. The third kappa shape index (κ3) is 5.71. The Hall–Kier alpha value is -3.78. The average molecular weight is 569 g/mol. The maximum Gasteiger partial charge on any atom is 0.418 e. The van der Waals surface area contributed by atoms with E-state index in [1.807, 2.05) is 14.0 Å². The highest BCUT2D eigenvalue weighted by atomic mass is 19.4. The Morgan fingerprint density at radius 3 is 2.66 bits per heavy atom. The Bertz CT molecular complexity index is 1360. The molecule has 2 aromatic rings. The molecule has 0 N–H and O–H groups in total. The number of fused-ring (bicyclic) bond motifs is 1. The van der Waals surface area contributed by atoms with Crippen LogP contribution in [-0.4, -0.2) is 79.2 Å². The standard InChI is InChI=1S/C30H35F3N6O2/c1-4-27(40)39-15-14-38(17-20(39)2)28-22-11-13-37(26-10-6-5-9-24(26)30(31,32)33)18-25(22)35-29(23(28)16-34)41-19-21-8-7-12-36(21)3/h4-6,9-10,20-21H,1,7-8,11-15,17-19H2,2-3H3/t20-,21-/m0/s1. The number of carbonyl (C=O) groups is 1. The molecule has 1 amide bonds. The van der Waals surface area contributed by atoms with Crippen LogP contribution in [-0.2, 0) is 23.9 Å². The SMILES string of the molecule is C=CC(=O)N1CCN(c2c(C#N)c(OC[C@@H]3CCCN3C)nc3c2CCN(c2ccccc2C(F)(F)F)C3)C[C@@H]1C. The summed E-state index contributed by atoms with van der Waals surface area (Å²) in [4.78, 5) is 24.9. The van der Waals surface area contributed by atoms with E-state index >= 15 is 0 Å². The first kappa shape index (κ1) is 28.7. The van der Waals surface area contributed by atoms with Gasteiger partial charge in [0.25, 0.3) is 0 Å². The number of ether oxygens (including phenoxy) is 1. The average Bonchev–Trinajstić information content (AvgIpc) is 3.38. The summed E-state index contributed by atoms with van der Waals surface area (Å²) in [5, 5.41) is 10.4. The van der Waals surface area contributed by atoms with E-state index in [9.17, 15) is 23.2 Å². The van der Waals surface area contributed by atoms with E-state index in [0.29, 0.717) is 56.2 Å². The maximum absolute atomic E-state index is 13.9. The number of alkyl halides is 3. The number of para-hydroxylation sites is 1. The normalized spacial score (nSPS) is 21.4. The summed E-state index contributed by atoms with van der Waals surface area (Å²) < 4.78 is 47.8. The molecule has 0 radical (unpaired) electrons. The zero-order valence-corrected chi connectivity index (χ0v) is 23.5.